The summed E-state index contributed by atoms with van der Waals surface area (Å²) in [6, 6.07) is 5.15. The van der Waals surface area contributed by atoms with Crippen LogP contribution >= 0.6 is 11.6 Å². The number of hydrogen-bond acceptors (Lipinski definition) is 7. The molecule has 0 spiro atoms. The highest BCUT2D eigenvalue weighted by Crippen LogP contribution is 2.26. The Bertz CT molecular complexity index is 960. The van der Waals surface area contributed by atoms with E-state index in [1.54, 1.807) is 18.2 Å². The van der Waals surface area contributed by atoms with Gasteiger partial charge < -0.3 is 10.1 Å². The van der Waals surface area contributed by atoms with Crippen molar-refractivity contribution in [3.05, 3.63) is 28.8 Å². The number of carbonyl (C=O) groups excluding carboxylic acids is 2. The highest BCUT2D eigenvalue weighted by atomic mass is 35.5. The second-order valence-corrected chi connectivity index (χ2v) is 9.77. The second kappa shape index (κ2) is 10.4. The summed E-state index contributed by atoms with van der Waals surface area (Å²) in [6.07, 6.45) is 2.13. The SMILES string of the molecule is CS(=O)(=O)N1CCN(CCNC(=O)COc2ccc(C3=NNC(=O)CC3)cc2Cl)CC1. The van der Waals surface area contributed by atoms with E-state index in [0.717, 1.165) is 11.3 Å². The zero-order valence-corrected chi connectivity index (χ0v) is 18.8. The molecule has 0 aromatic heterocycles. The van der Waals surface area contributed by atoms with Gasteiger partial charge >= 0.3 is 0 Å². The van der Waals surface area contributed by atoms with E-state index in [2.05, 4.69) is 20.7 Å². The van der Waals surface area contributed by atoms with E-state index in [4.69, 9.17) is 16.3 Å². The van der Waals surface area contributed by atoms with E-state index in [9.17, 15) is 18.0 Å². The maximum absolute atomic E-state index is 12.1. The quantitative estimate of drug-likeness (QED) is 0.551. The van der Waals surface area contributed by atoms with Crippen LogP contribution in [0.3, 0.4) is 0 Å². The molecule has 10 nitrogen and oxygen atoms in total. The van der Waals surface area contributed by atoms with Gasteiger partial charge in [-0.05, 0) is 23.8 Å². The summed E-state index contributed by atoms with van der Waals surface area (Å²) in [5.41, 5.74) is 3.97. The Morgan fingerprint density at radius 2 is 2.00 bits per heavy atom. The normalized spacial score (nSPS) is 18.3. The molecule has 2 amide bonds. The summed E-state index contributed by atoms with van der Waals surface area (Å²) in [4.78, 5) is 25.4. The van der Waals surface area contributed by atoms with E-state index in [1.165, 1.54) is 10.6 Å². The molecule has 1 aromatic carbocycles. The lowest BCUT2D eigenvalue weighted by atomic mass is 10.0. The van der Waals surface area contributed by atoms with Crippen LogP contribution in [0.4, 0.5) is 0 Å². The van der Waals surface area contributed by atoms with Gasteiger partial charge in [-0.25, -0.2) is 13.8 Å². The molecule has 2 aliphatic heterocycles. The monoisotopic (exact) mass is 471 g/mol. The summed E-state index contributed by atoms with van der Waals surface area (Å²) in [5.74, 6) is 0.00386. The van der Waals surface area contributed by atoms with Gasteiger partial charge in [-0.2, -0.15) is 9.41 Å². The molecule has 0 bridgehead atoms. The maximum atomic E-state index is 12.1. The van der Waals surface area contributed by atoms with Crippen molar-refractivity contribution in [2.24, 2.45) is 5.10 Å². The van der Waals surface area contributed by atoms with Crippen LogP contribution in [0.1, 0.15) is 18.4 Å². The fourth-order valence-corrected chi connectivity index (χ4v) is 4.37. The summed E-state index contributed by atoms with van der Waals surface area (Å²) < 4.78 is 30.0. The number of nitrogens with one attached hydrogen (secondary N) is 2. The fraction of sp³-hybridized carbons (Fsp3) is 0.526. The van der Waals surface area contributed by atoms with Crippen molar-refractivity contribution >= 4 is 39.2 Å². The van der Waals surface area contributed by atoms with E-state index in [1.807, 2.05) is 0 Å². The lowest BCUT2D eigenvalue weighted by Gasteiger charge is -2.33. The third-order valence-electron chi connectivity index (χ3n) is 5.08. The topological polar surface area (TPSA) is 120 Å². The van der Waals surface area contributed by atoms with Gasteiger partial charge in [-0.15, -0.1) is 0 Å². The fourth-order valence-electron chi connectivity index (χ4n) is 3.31. The molecule has 0 atom stereocenters. The molecule has 2 N–H and O–H groups in total. The Balaban J connectivity index is 1.38. The molecule has 12 heteroatoms. The summed E-state index contributed by atoms with van der Waals surface area (Å²) in [6.45, 7) is 3.10. The molecule has 0 aliphatic carbocycles. The Kier molecular flexibility index (Phi) is 7.87. The van der Waals surface area contributed by atoms with Gasteiger partial charge in [-0.1, -0.05) is 11.6 Å². The number of rotatable bonds is 8. The molecule has 1 aromatic rings. The van der Waals surface area contributed by atoms with Crippen molar-refractivity contribution in [2.45, 2.75) is 12.8 Å². The van der Waals surface area contributed by atoms with Crippen LogP contribution in [0.15, 0.2) is 23.3 Å². The van der Waals surface area contributed by atoms with E-state index in [0.29, 0.717) is 62.9 Å². The van der Waals surface area contributed by atoms with Crippen molar-refractivity contribution in [1.82, 2.24) is 19.9 Å². The van der Waals surface area contributed by atoms with Crippen LogP contribution in [-0.4, -0.2) is 87.3 Å². The van der Waals surface area contributed by atoms with Crippen molar-refractivity contribution in [3.63, 3.8) is 0 Å². The standard InChI is InChI=1S/C19H26ClN5O5S/c1-31(28,29)25-10-8-24(9-11-25)7-6-21-19(27)13-30-17-4-2-14(12-15(17)20)16-3-5-18(26)23-22-16/h2,4,12H,3,5-11,13H2,1H3,(H,21,27)(H,23,26). The van der Waals surface area contributed by atoms with Crippen molar-refractivity contribution in [1.29, 1.82) is 0 Å². The van der Waals surface area contributed by atoms with Gasteiger partial charge in [0.2, 0.25) is 15.9 Å². The van der Waals surface area contributed by atoms with Crippen LogP contribution in [-0.2, 0) is 19.6 Å². The Hall–Kier alpha value is -2.21. The van der Waals surface area contributed by atoms with Crippen LogP contribution in [0, 0.1) is 0 Å². The smallest absolute Gasteiger partial charge is 0.257 e. The van der Waals surface area contributed by atoms with Gasteiger partial charge in [0, 0.05) is 52.1 Å². The Labute approximate surface area is 186 Å². The van der Waals surface area contributed by atoms with Gasteiger partial charge in [0.05, 0.1) is 17.0 Å². The Morgan fingerprint density at radius 1 is 1.26 bits per heavy atom. The molecule has 3 rings (SSSR count). The number of halogens is 1. The van der Waals surface area contributed by atoms with Crippen LogP contribution in [0.5, 0.6) is 5.75 Å². The average Bonchev–Trinajstić information content (AvgIpc) is 2.73. The highest BCUT2D eigenvalue weighted by Gasteiger charge is 2.23. The lowest BCUT2D eigenvalue weighted by molar-refractivity contribution is -0.123. The van der Waals surface area contributed by atoms with E-state index in [-0.39, 0.29) is 18.4 Å². The first-order valence-electron chi connectivity index (χ1n) is 9.94. The zero-order chi connectivity index (χ0) is 22.4. The highest BCUT2D eigenvalue weighted by molar-refractivity contribution is 7.88. The molecule has 0 radical (unpaired) electrons. The first-order valence-corrected chi connectivity index (χ1v) is 12.2. The molecule has 1 saturated heterocycles. The molecule has 0 unspecified atom stereocenters. The molecule has 0 saturated carbocycles. The largest absolute Gasteiger partial charge is 0.482 e. The minimum absolute atomic E-state index is 0.114. The van der Waals surface area contributed by atoms with Crippen LogP contribution < -0.4 is 15.5 Å². The zero-order valence-electron chi connectivity index (χ0n) is 17.3. The molecule has 170 valence electrons. The number of ether oxygens (including phenoxy) is 1. The van der Waals surface area contributed by atoms with Gasteiger partial charge in [-0.3, -0.25) is 14.5 Å². The van der Waals surface area contributed by atoms with E-state index < -0.39 is 10.0 Å². The third kappa shape index (κ3) is 6.89. The van der Waals surface area contributed by atoms with Gasteiger partial charge in [0.15, 0.2) is 6.61 Å². The second-order valence-electron chi connectivity index (χ2n) is 7.38. The minimum Gasteiger partial charge on any atom is -0.482 e. The molecular weight excluding hydrogens is 446 g/mol. The predicted octanol–water partition coefficient (Wildman–Crippen LogP) is 0.0263. The Morgan fingerprint density at radius 3 is 2.61 bits per heavy atom. The molecule has 31 heavy (non-hydrogen) atoms. The van der Waals surface area contributed by atoms with Crippen molar-refractivity contribution < 1.29 is 22.7 Å². The summed E-state index contributed by atoms with van der Waals surface area (Å²) >= 11 is 6.26. The maximum Gasteiger partial charge on any atom is 0.257 e. The lowest BCUT2D eigenvalue weighted by Crippen LogP contribution is -2.50. The first-order chi connectivity index (χ1) is 14.7. The number of hydrogen-bond donors (Lipinski definition) is 2. The van der Waals surface area contributed by atoms with Crippen LogP contribution in [0.25, 0.3) is 0 Å². The number of sulfonamides is 1. The first kappa shape index (κ1) is 23.5. The summed E-state index contributed by atoms with van der Waals surface area (Å²) in [7, 11) is -3.15. The van der Waals surface area contributed by atoms with Crippen LogP contribution in [0.2, 0.25) is 5.02 Å². The third-order valence-corrected chi connectivity index (χ3v) is 6.68. The number of nitrogens with zero attached hydrogens (tertiary/aromatic N) is 3. The van der Waals surface area contributed by atoms with Gasteiger partial charge in [0.1, 0.15) is 5.75 Å². The number of hydrazone groups is 1. The number of carbonyl (C=O) groups is 2. The molecule has 1 fully saturated rings. The average molecular weight is 472 g/mol. The molecular formula is C19H26ClN5O5S. The summed E-state index contributed by atoms with van der Waals surface area (Å²) in [5, 5.41) is 7.17. The molecule has 2 heterocycles. The van der Waals surface area contributed by atoms with Crippen molar-refractivity contribution in [3.8, 4) is 5.75 Å². The van der Waals surface area contributed by atoms with Crippen molar-refractivity contribution in [2.75, 3.05) is 52.1 Å². The molecule has 2 aliphatic rings. The number of benzene rings is 1. The predicted molar refractivity (Wildman–Crippen MR) is 117 cm³/mol. The van der Waals surface area contributed by atoms with E-state index >= 15 is 0 Å². The minimum atomic E-state index is -3.15. The number of piperazine rings is 1. The van der Waals surface area contributed by atoms with Gasteiger partial charge in [0.25, 0.3) is 5.91 Å². The number of amides is 2.